The summed E-state index contributed by atoms with van der Waals surface area (Å²) in [7, 11) is 4.93. The lowest BCUT2D eigenvalue weighted by molar-refractivity contribution is -0.255. The van der Waals surface area contributed by atoms with Crippen LogP contribution < -0.4 is 24.3 Å². The molecule has 354 valence electrons. The predicted octanol–water partition coefficient (Wildman–Crippen LogP) is 10.3. The molecule has 13 nitrogen and oxygen atoms in total. The molecule has 3 N–H and O–H groups in total. The second kappa shape index (κ2) is 25.8. The molecule has 3 aliphatic rings. The number of allylic oxidation sites excluding steroid dienone is 1. The van der Waals surface area contributed by atoms with Crippen molar-refractivity contribution in [2.24, 2.45) is 22.9 Å². The topological polar surface area (TPSA) is 158 Å². The van der Waals surface area contributed by atoms with Crippen LogP contribution in [0.1, 0.15) is 134 Å². The maximum absolute atomic E-state index is 14.3. The van der Waals surface area contributed by atoms with Gasteiger partial charge < -0.3 is 43.6 Å². The van der Waals surface area contributed by atoms with Crippen molar-refractivity contribution in [3.63, 3.8) is 0 Å². The van der Waals surface area contributed by atoms with Crippen LogP contribution in [0.15, 0.2) is 65.9 Å². The second-order valence-electron chi connectivity index (χ2n) is 17.4. The normalized spacial score (nSPS) is 22.6. The van der Waals surface area contributed by atoms with E-state index >= 15 is 0 Å². The minimum atomic E-state index is -1.35. The van der Waals surface area contributed by atoms with Crippen molar-refractivity contribution < 1.29 is 48.3 Å². The molecule has 2 aromatic rings. The third-order valence-electron chi connectivity index (χ3n) is 13.2. The molecule has 6 atom stereocenters. The molecule has 0 radical (unpaired) electrons. The number of rotatable bonds is 28. The average Bonchev–Trinajstić information content (AvgIpc) is 3.30. The first-order valence-corrected chi connectivity index (χ1v) is 23.9. The van der Waals surface area contributed by atoms with Crippen LogP contribution in [0.5, 0.6) is 23.0 Å². The second-order valence-corrected chi connectivity index (χ2v) is 17.4. The number of ether oxygens (including phenoxy) is 5. The standard InChI is InChI=1S/C51H75N3O10/c1-7-10-11-12-13-14-15-16-17-24-47(57)54(4)46-35-43(53-62-9-3)40-32-36(22-18-20-29-55)39(23-19-21-30-56)48-41-33-38(26-28-44(41)64-51(46,49(40)48)61-31-8-2)63-50(58)52-42-27-25-37(59-5)34-45(42)60-6/h8,25-28,32-34,36,39,46,48-49,55-56H,2,7,9-24,29-31,35H2,1,3-6H3,(H,52,58)/t36-,39+,46-,48+,49+,51+/m0/s1. The molecule has 0 unspecified atom stereocenters. The van der Waals surface area contributed by atoms with E-state index in [-0.39, 0.29) is 43.5 Å². The molecule has 0 saturated heterocycles. The lowest BCUT2D eigenvalue weighted by Gasteiger charge is -2.59. The zero-order chi connectivity index (χ0) is 45.9. The molecular weight excluding hydrogens is 815 g/mol. The number of likely N-dealkylation sites (N-methyl/N-ethyl adjacent to an activating group) is 1. The van der Waals surface area contributed by atoms with E-state index in [0.29, 0.717) is 61.0 Å². The molecule has 1 saturated carbocycles. The van der Waals surface area contributed by atoms with Crippen LogP contribution in [0.25, 0.3) is 0 Å². The number of carbonyl (C=O) groups is 2. The molecule has 2 aliphatic carbocycles. The smallest absolute Gasteiger partial charge is 0.417 e. The number of aliphatic hydroxyl groups is 2. The van der Waals surface area contributed by atoms with Gasteiger partial charge in [-0.2, -0.15) is 0 Å². The van der Waals surface area contributed by atoms with Crippen LogP contribution in [0, 0.1) is 17.8 Å². The fraction of sp³-hybridized carbons (Fsp3) is 0.627. The highest BCUT2D eigenvalue weighted by molar-refractivity contribution is 6.03. The van der Waals surface area contributed by atoms with E-state index in [0.717, 1.165) is 61.8 Å². The lowest BCUT2D eigenvalue weighted by Crippen LogP contribution is -2.69. The SMILES string of the molecule is C=CCO[C@@]12Oc3ccc(OC(=O)Nc4ccc(OC)cc4OC)cc3[C@H]3[C@H](CCCCO)[C@@H](CCCCO)C=C(C(=NOCC)C[C@@H]1N(C)C(=O)CCCCCCCCCCC)[C@H]32. The maximum Gasteiger partial charge on any atom is 0.417 e. The highest BCUT2D eigenvalue weighted by Gasteiger charge is 2.65. The summed E-state index contributed by atoms with van der Waals surface area (Å²) in [5, 5.41) is 27.4. The molecule has 1 aliphatic heterocycles. The van der Waals surface area contributed by atoms with Gasteiger partial charge in [-0.3, -0.25) is 10.1 Å². The van der Waals surface area contributed by atoms with Gasteiger partial charge in [-0.1, -0.05) is 88.4 Å². The van der Waals surface area contributed by atoms with Crippen LogP contribution in [0.2, 0.25) is 0 Å². The number of anilines is 1. The number of amides is 2. The minimum absolute atomic E-state index is 0.0177. The number of nitrogens with one attached hydrogen (secondary N) is 1. The van der Waals surface area contributed by atoms with E-state index < -0.39 is 23.8 Å². The number of benzene rings is 2. The maximum atomic E-state index is 14.3. The van der Waals surface area contributed by atoms with E-state index in [4.69, 9.17) is 33.7 Å². The third kappa shape index (κ3) is 12.6. The number of fused-ring (bicyclic) bond motifs is 2. The Labute approximate surface area is 381 Å². The molecule has 13 heteroatoms. The molecule has 64 heavy (non-hydrogen) atoms. The average molecular weight is 890 g/mol. The minimum Gasteiger partial charge on any atom is -0.497 e. The Balaban J connectivity index is 1.57. The van der Waals surface area contributed by atoms with Gasteiger partial charge in [0.25, 0.3) is 0 Å². The largest absolute Gasteiger partial charge is 0.497 e. The number of unbranched alkanes of at least 4 members (excludes halogenated alkanes) is 10. The van der Waals surface area contributed by atoms with Crippen LogP contribution in [0.4, 0.5) is 10.5 Å². The summed E-state index contributed by atoms with van der Waals surface area (Å²) in [6.45, 7) is 8.87. The fourth-order valence-electron chi connectivity index (χ4n) is 10.0. The Hall–Kier alpha value is -4.59. The van der Waals surface area contributed by atoms with Gasteiger partial charge in [-0.25, -0.2) is 4.79 Å². The summed E-state index contributed by atoms with van der Waals surface area (Å²) in [5.74, 6) is -0.0617. The predicted molar refractivity (Wildman–Crippen MR) is 250 cm³/mol. The zero-order valence-corrected chi connectivity index (χ0v) is 39.1. The van der Waals surface area contributed by atoms with Crippen molar-refractivity contribution in [2.45, 2.75) is 141 Å². The number of oxime groups is 1. The summed E-state index contributed by atoms with van der Waals surface area (Å²) in [5.41, 5.74) is 2.96. The van der Waals surface area contributed by atoms with Crippen molar-refractivity contribution in [1.29, 1.82) is 0 Å². The number of aliphatic hydroxyl groups excluding tert-OH is 2. The fourth-order valence-corrected chi connectivity index (χ4v) is 10.0. The molecule has 2 amide bonds. The van der Waals surface area contributed by atoms with Gasteiger partial charge in [0.15, 0.2) is 0 Å². The molecule has 0 aromatic heterocycles. The van der Waals surface area contributed by atoms with Gasteiger partial charge in [0.05, 0.1) is 38.1 Å². The highest BCUT2D eigenvalue weighted by Crippen LogP contribution is 2.62. The van der Waals surface area contributed by atoms with Gasteiger partial charge >= 0.3 is 6.09 Å². The van der Waals surface area contributed by atoms with Crippen LogP contribution in [0.3, 0.4) is 0 Å². The van der Waals surface area contributed by atoms with Gasteiger partial charge in [-0.15, -0.1) is 6.58 Å². The summed E-state index contributed by atoms with van der Waals surface area (Å²) in [6, 6.07) is 9.93. The molecular formula is C51H75N3O10. The number of hydrogen-bond acceptors (Lipinski definition) is 11. The Morgan fingerprint density at radius 2 is 1.61 bits per heavy atom. The summed E-state index contributed by atoms with van der Waals surface area (Å²) < 4.78 is 31.1. The number of carbonyl (C=O) groups excluding carboxylic acids is 2. The van der Waals surface area contributed by atoms with E-state index in [1.54, 1.807) is 37.5 Å². The summed E-state index contributed by atoms with van der Waals surface area (Å²) >= 11 is 0. The van der Waals surface area contributed by atoms with Crippen LogP contribution in [-0.4, -0.2) is 92.3 Å². The first-order chi connectivity index (χ1) is 31.2. The molecule has 0 spiro atoms. The lowest BCUT2D eigenvalue weighted by atomic mass is 9.55. The highest BCUT2D eigenvalue weighted by atomic mass is 16.7. The summed E-state index contributed by atoms with van der Waals surface area (Å²) in [4.78, 5) is 35.5. The van der Waals surface area contributed by atoms with Crippen molar-refractivity contribution in [3.8, 4) is 23.0 Å². The van der Waals surface area contributed by atoms with E-state index in [9.17, 15) is 19.8 Å². The van der Waals surface area contributed by atoms with Gasteiger partial charge in [-0.05, 0) is 86.8 Å². The Morgan fingerprint density at radius 3 is 2.28 bits per heavy atom. The Bertz CT molecular complexity index is 1870. The first kappa shape index (κ1) is 50.4. The quantitative estimate of drug-likeness (QED) is 0.0427. The van der Waals surface area contributed by atoms with Crippen molar-refractivity contribution in [2.75, 3.05) is 53.0 Å². The van der Waals surface area contributed by atoms with Crippen molar-refractivity contribution in [3.05, 3.63) is 66.3 Å². The number of nitrogens with zero attached hydrogens (tertiary/aromatic N) is 2. The molecule has 0 bridgehead atoms. The van der Waals surface area contributed by atoms with Crippen LogP contribution in [-0.2, 0) is 14.4 Å². The van der Waals surface area contributed by atoms with Crippen molar-refractivity contribution >= 4 is 23.4 Å². The Kier molecular flexibility index (Phi) is 20.3. The number of methoxy groups -OCH3 is 2. The van der Waals surface area contributed by atoms with E-state index in [1.807, 2.05) is 31.0 Å². The number of hydrogen-bond donors (Lipinski definition) is 3. The van der Waals surface area contributed by atoms with Gasteiger partial charge in [0.1, 0.15) is 35.6 Å². The molecule has 1 fully saturated rings. The molecule has 5 rings (SSSR count). The summed E-state index contributed by atoms with van der Waals surface area (Å²) in [6.07, 6.45) is 19.0. The molecule has 2 aromatic carbocycles. The third-order valence-corrected chi connectivity index (χ3v) is 13.2. The van der Waals surface area contributed by atoms with Gasteiger partial charge in [0, 0.05) is 50.7 Å². The van der Waals surface area contributed by atoms with Gasteiger partial charge in [0.2, 0.25) is 11.7 Å². The van der Waals surface area contributed by atoms with E-state index in [1.165, 1.54) is 45.6 Å². The first-order valence-electron chi connectivity index (χ1n) is 23.9. The van der Waals surface area contributed by atoms with E-state index in [2.05, 4.69) is 24.9 Å². The molecule has 1 heterocycles. The Morgan fingerprint density at radius 1 is 0.906 bits per heavy atom. The van der Waals surface area contributed by atoms with Crippen LogP contribution >= 0.6 is 0 Å². The monoisotopic (exact) mass is 890 g/mol. The zero-order valence-electron chi connectivity index (χ0n) is 39.1. The van der Waals surface area contributed by atoms with Crippen molar-refractivity contribution in [1.82, 2.24) is 4.90 Å².